The molecule has 2 aliphatic rings. The van der Waals surface area contributed by atoms with E-state index in [1.165, 1.54) is 40.7 Å². The number of rotatable bonds is 9. The molecule has 1 fully saturated rings. The van der Waals surface area contributed by atoms with Crippen LogP contribution in [0.25, 0.3) is 6.08 Å². The second-order valence-corrected chi connectivity index (χ2v) is 13.8. The van der Waals surface area contributed by atoms with Crippen LogP contribution in [-0.2, 0) is 35.2 Å². The third kappa shape index (κ3) is 7.54. The zero-order chi connectivity index (χ0) is 30.9. The number of sulfonamides is 1. The van der Waals surface area contributed by atoms with Crippen LogP contribution >= 0.6 is 0 Å². The molecular formula is C26H26F3N3O8S2. The van der Waals surface area contributed by atoms with Crippen LogP contribution in [0.2, 0.25) is 0 Å². The Labute approximate surface area is 239 Å². The van der Waals surface area contributed by atoms with Crippen LogP contribution in [0.15, 0.2) is 52.9 Å². The molecule has 0 aliphatic carbocycles. The van der Waals surface area contributed by atoms with Gasteiger partial charge in [-0.1, -0.05) is 30.3 Å². The average molecular weight is 630 g/mol. The van der Waals surface area contributed by atoms with Gasteiger partial charge in [0.1, 0.15) is 22.9 Å². The molecule has 11 nitrogen and oxygen atoms in total. The van der Waals surface area contributed by atoms with E-state index in [1.54, 1.807) is 6.92 Å². The molecule has 0 atom stereocenters. The third-order valence-electron chi connectivity index (χ3n) is 6.71. The smallest absolute Gasteiger partial charge is 0.480 e. The summed E-state index contributed by atoms with van der Waals surface area (Å²) >= 11 is 0. The number of carbonyl (C=O) groups excluding carboxylic acids is 1. The van der Waals surface area contributed by atoms with Crippen LogP contribution in [-0.4, -0.2) is 74.7 Å². The molecule has 4 rings (SSSR count). The lowest BCUT2D eigenvalue weighted by molar-refractivity contribution is -0.274. The van der Waals surface area contributed by atoms with E-state index < -0.39 is 60.9 Å². The average Bonchev–Trinajstić information content (AvgIpc) is 3.17. The van der Waals surface area contributed by atoms with Crippen LogP contribution in [0.4, 0.5) is 13.2 Å². The number of carboxylic acid groups (broad SMARTS) is 1. The number of amidine groups is 1. The van der Waals surface area contributed by atoms with Gasteiger partial charge >= 0.3 is 12.3 Å². The standard InChI is InChI=1S/C26H26F3N3O8S2/c1-17-13-18(15-41(36,37)16-22(33)34)5-6-19(17)7-12-42(38,39)32-10-8-25(9-11-32)24(35)30-23(31-25)20-3-2-4-21(14-20)40-26(27,28)29/h2-7,12-14H,8-11,15-16H2,1H3,(H,33,34)(H,30,31,35)/b12-7+. The van der Waals surface area contributed by atoms with Crippen molar-refractivity contribution in [2.75, 3.05) is 18.8 Å². The topological polar surface area (TPSA) is 160 Å². The maximum absolute atomic E-state index is 13.0. The monoisotopic (exact) mass is 629 g/mol. The molecule has 226 valence electrons. The normalized spacial score (nSPS) is 17.8. The number of ether oxygens (including phenoxy) is 1. The highest BCUT2D eigenvalue weighted by atomic mass is 32.2. The van der Waals surface area contributed by atoms with E-state index in [0.717, 1.165) is 17.5 Å². The molecular weight excluding hydrogens is 603 g/mol. The fourth-order valence-electron chi connectivity index (χ4n) is 4.70. The minimum atomic E-state index is -4.89. The molecule has 0 radical (unpaired) electrons. The number of amides is 1. The molecule has 2 heterocycles. The molecule has 0 aromatic heterocycles. The number of hydrogen-bond donors (Lipinski definition) is 2. The molecule has 2 N–H and O–H groups in total. The van der Waals surface area contributed by atoms with E-state index in [2.05, 4.69) is 15.0 Å². The number of nitrogens with zero attached hydrogens (tertiary/aromatic N) is 2. The Morgan fingerprint density at radius 1 is 1.14 bits per heavy atom. The van der Waals surface area contributed by atoms with Gasteiger partial charge in [-0.05, 0) is 54.7 Å². The number of halogens is 3. The first-order valence-electron chi connectivity index (χ1n) is 12.4. The summed E-state index contributed by atoms with van der Waals surface area (Å²) in [6, 6.07) is 9.55. The van der Waals surface area contributed by atoms with Crippen LogP contribution in [0, 0.1) is 6.92 Å². The van der Waals surface area contributed by atoms with Gasteiger partial charge in [-0.3, -0.25) is 14.6 Å². The van der Waals surface area contributed by atoms with Gasteiger partial charge in [0.05, 0.1) is 5.75 Å². The number of aliphatic imine (C=N–C) groups is 1. The van der Waals surface area contributed by atoms with Crippen molar-refractivity contribution >= 4 is 43.6 Å². The minimum Gasteiger partial charge on any atom is -0.480 e. The Bertz CT molecular complexity index is 1680. The zero-order valence-electron chi connectivity index (χ0n) is 22.1. The van der Waals surface area contributed by atoms with E-state index in [4.69, 9.17) is 5.11 Å². The zero-order valence-corrected chi connectivity index (χ0v) is 23.7. The summed E-state index contributed by atoms with van der Waals surface area (Å²) in [5.74, 6) is -3.81. The molecule has 0 unspecified atom stereocenters. The van der Waals surface area contributed by atoms with Crippen molar-refractivity contribution in [3.63, 3.8) is 0 Å². The largest absolute Gasteiger partial charge is 0.573 e. The molecule has 0 saturated carbocycles. The van der Waals surface area contributed by atoms with Crippen molar-refractivity contribution in [2.24, 2.45) is 4.99 Å². The van der Waals surface area contributed by atoms with Gasteiger partial charge < -0.3 is 15.2 Å². The lowest BCUT2D eigenvalue weighted by Gasteiger charge is -2.34. The number of aryl methyl sites for hydroxylation is 1. The Morgan fingerprint density at radius 2 is 1.83 bits per heavy atom. The first kappa shape index (κ1) is 31.2. The van der Waals surface area contributed by atoms with Crippen LogP contribution < -0.4 is 10.1 Å². The molecule has 0 bridgehead atoms. The quantitative estimate of drug-likeness (QED) is 0.428. The Balaban J connectivity index is 1.43. The fraction of sp³-hybridized carbons (Fsp3) is 0.346. The first-order valence-corrected chi connectivity index (χ1v) is 15.8. The number of hydrogen-bond acceptors (Lipinski definition) is 8. The number of benzene rings is 2. The summed E-state index contributed by atoms with van der Waals surface area (Å²) in [4.78, 5) is 28.0. The van der Waals surface area contributed by atoms with Gasteiger partial charge in [-0.2, -0.15) is 4.31 Å². The SMILES string of the molecule is Cc1cc(CS(=O)(=O)CC(=O)O)ccc1/C=C/S(=O)(=O)N1CCC2(CC1)N=C(c1cccc(OC(F)(F)F)c1)NC2=O. The predicted molar refractivity (Wildman–Crippen MR) is 146 cm³/mol. The van der Waals surface area contributed by atoms with E-state index in [1.807, 2.05) is 0 Å². The van der Waals surface area contributed by atoms with Crippen molar-refractivity contribution in [1.29, 1.82) is 0 Å². The van der Waals surface area contributed by atoms with Crippen LogP contribution in [0.1, 0.15) is 35.1 Å². The Morgan fingerprint density at radius 3 is 2.45 bits per heavy atom. The summed E-state index contributed by atoms with van der Waals surface area (Å²) in [7, 11) is -7.77. The van der Waals surface area contributed by atoms with Crippen molar-refractivity contribution in [3.05, 3.63) is 70.1 Å². The summed E-state index contributed by atoms with van der Waals surface area (Å²) in [6.07, 6.45) is -3.43. The van der Waals surface area contributed by atoms with E-state index >= 15 is 0 Å². The van der Waals surface area contributed by atoms with Gasteiger partial charge in [0, 0.05) is 24.1 Å². The van der Waals surface area contributed by atoms with Crippen LogP contribution in [0.5, 0.6) is 5.75 Å². The maximum Gasteiger partial charge on any atom is 0.573 e. The van der Waals surface area contributed by atoms with E-state index in [9.17, 15) is 39.6 Å². The number of carbonyl (C=O) groups is 2. The molecule has 2 aliphatic heterocycles. The van der Waals surface area contributed by atoms with Crippen molar-refractivity contribution in [1.82, 2.24) is 9.62 Å². The van der Waals surface area contributed by atoms with Gasteiger partial charge in [0.25, 0.3) is 5.91 Å². The number of nitrogens with one attached hydrogen (secondary N) is 1. The summed E-state index contributed by atoms with van der Waals surface area (Å²) < 4.78 is 92.8. The number of carboxylic acids is 1. The summed E-state index contributed by atoms with van der Waals surface area (Å²) in [6.45, 7) is 1.59. The molecule has 2 aromatic carbocycles. The molecule has 1 spiro atoms. The number of sulfone groups is 1. The van der Waals surface area contributed by atoms with Gasteiger partial charge in [0.15, 0.2) is 9.84 Å². The van der Waals surface area contributed by atoms with Gasteiger partial charge in [-0.25, -0.2) is 16.8 Å². The lowest BCUT2D eigenvalue weighted by Crippen LogP contribution is -2.50. The number of piperidine rings is 1. The third-order valence-corrected chi connectivity index (χ3v) is 9.74. The van der Waals surface area contributed by atoms with Gasteiger partial charge in [-0.15, -0.1) is 13.2 Å². The highest BCUT2D eigenvalue weighted by Gasteiger charge is 2.47. The fourth-order valence-corrected chi connectivity index (χ4v) is 7.04. The van der Waals surface area contributed by atoms with E-state index in [-0.39, 0.29) is 37.3 Å². The molecule has 2 aromatic rings. The van der Waals surface area contributed by atoms with E-state index in [0.29, 0.717) is 16.7 Å². The Hall–Kier alpha value is -3.76. The molecule has 1 saturated heterocycles. The van der Waals surface area contributed by atoms with Crippen molar-refractivity contribution in [2.45, 2.75) is 37.4 Å². The lowest BCUT2D eigenvalue weighted by atomic mass is 9.89. The predicted octanol–water partition coefficient (Wildman–Crippen LogP) is 2.60. The highest BCUT2D eigenvalue weighted by Crippen LogP contribution is 2.33. The summed E-state index contributed by atoms with van der Waals surface area (Å²) in [5, 5.41) is 12.3. The van der Waals surface area contributed by atoms with Crippen molar-refractivity contribution < 1.29 is 49.4 Å². The summed E-state index contributed by atoms with van der Waals surface area (Å²) in [5.41, 5.74) is 0.397. The second-order valence-electron chi connectivity index (χ2n) is 9.89. The Kier molecular flexibility index (Phi) is 8.53. The van der Waals surface area contributed by atoms with Gasteiger partial charge in [0.2, 0.25) is 10.0 Å². The van der Waals surface area contributed by atoms with Crippen LogP contribution in [0.3, 0.4) is 0 Å². The molecule has 42 heavy (non-hydrogen) atoms. The maximum atomic E-state index is 13.0. The minimum absolute atomic E-state index is 0.0343. The number of aliphatic carboxylic acids is 1. The van der Waals surface area contributed by atoms with Crippen molar-refractivity contribution in [3.8, 4) is 5.75 Å². The first-order chi connectivity index (χ1) is 19.5. The molecule has 16 heteroatoms. The number of alkyl halides is 3. The second kappa shape index (κ2) is 11.5. The highest BCUT2D eigenvalue weighted by molar-refractivity contribution is 7.92. The molecule has 1 amide bonds.